The molecule has 0 fully saturated rings. The number of nitrogens with one attached hydrogen (secondary N) is 2. The second-order valence-electron chi connectivity index (χ2n) is 5.99. The summed E-state index contributed by atoms with van der Waals surface area (Å²) in [6.07, 6.45) is 0.466. The Kier molecular flexibility index (Phi) is 6.46. The first-order valence-electron chi connectivity index (χ1n) is 8.80. The van der Waals surface area contributed by atoms with Crippen molar-refractivity contribution in [2.24, 2.45) is 0 Å². The summed E-state index contributed by atoms with van der Waals surface area (Å²) >= 11 is 0. The van der Waals surface area contributed by atoms with Gasteiger partial charge in [-0.25, -0.2) is 4.39 Å². The number of aromatic nitrogens is 2. The Morgan fingerprint density at radius 3 is 2.43 bits per heavy atom. The van der Waals surface area contributed by atoms with E-state index in [0.717, 1.165) is 0 Å². The monoisotopic (exact) mass is 382 g/mol. The lowest BCUT2D eigenvalue weighted by atomic mass is 10.2. The van der Waals surface area contributed by atoms with Crippen molar-refractivity contribution >= 4 is 11.8 Å². The number of benzene rings is 2. The van der Waals surface area contributed by atoms with Gasteiger partial charge in [-0.2, -0.15) is 4.98 Å². The summed E-state index contributed by atoms with van der Waals surface area (Å²) in [5, 5.41) is 9.28. The van der Waals surface area contributed by atoms with Gasteiger partial charge in [0.05, 0.1) is 0 Å². The van der Waals surface area contributed by atoms with E-state index in [-0.39, 0.29) is 30.5 Å². The van der Waals surface area contributed by atoms with Crippen molar-refractivity contribution in [3.8, 4) is 11.4 Å². The number of amides is 2. The first-order valence-corrected chi connectivity index (χ1v) is 8.80. The van der Waals surface area contributed by atoms with Crippen molar-refractivity contribution < 1.29 is 18.5 Å². The molecule has 2 aromatic carbocycles. The van der Waals surface area contributed by atoms with Crippen LogP contribution in [0.4, 0.5) is 4.39 Å². The average molecular weight is 382 g/mol. The maximum Gasteiger partial charge on any atom is 0.251 e. The van der Waals surface area contributed by atoms with Crippen molar-refractivity contribution in [3.05, 3.63) is 71.9 Å². The molecular formula is C20H19FN4O3. The molecule has 1 aromatic heterocycles. The van der Waals surface area contributed by atoms with Gasteiger partial charge in [-0.3, -0.25) is 9.59 Å². The largest absolute Gasteiger partial charge is 0.354 e. The second kappa shape index (κ2) is 9.40. The summed E-state index contributed by atoms with van der Waals surface area (Å²) < 4.78 is 18.1. The Bertz CT molecular complexity index is 926. The Hall–Kier alpha value is -3.55. The Balaban J connectivity index is 1.37. The third kappa shape index (κ3) is 5.47. The Morgan fingerprint density at radius 1 is 0.964 bits per heavy atom. The highest BCUT2D eigenvalue weighted by molar-refractivity contribution is 5.94. The minimum Gasteiger partial charge on any atom is -0.354 e. The number of halogens is 1. The second-order valence-corrected chi connectivity index (χ2v) is 5.99. The van der Waals surface area contributed by atoms with Gasteiger partial charge in [0, 0.05) is 37.1 Å². The van der Waals surface area contributed by atoms with Gasteiger partial charge in [-0.05, 0) is 36.4 Å². The van der Waals surface area contributed by atoms with Crippen molar-refractivity contribution in [2.75, 3.05) is 13.1 Å². The van der Waals surface area contributed by atoms with E-state index in [4.69, 9.17) is 4.52 Å². The van der Waals surface area contributed by atoms with Crippen LogP contribution in [-0.4, -0.2) is 35.0 Å². The molecule has 0 aliphatic carbocycles. The minimum atomic E-state index is -0.343. The molecule has 3 aromatic rings. The maximum absolute atomic E-state index is 12.9. The van der Waals surface area contributed by atoms with Gasteiger partial charge >= 0.3 is 0 Å². The van der Waals surface area contributed by atoms with Crippen LogP contribution in [-0.2, 0) is 11.2 Å². The van der Waals surface area contributed by atoms with Crippen LogP contribution in [0, 0.1) is 5.82 Å². The number of nitrogens with zero attached hydrogens (tertiary/aromatic N) is 2. The van der Waals surface area contributed by atoms with Crippen LogP contribution in [0.1, 0.15) is 22.7 Å². The molecule has 3 rings (SSSR count). The summed E-state index contributed by atoms with van der Waals surface area (Å²) in [5.74, 6) is -0.0421. The summed E-state index contributed by atoms with van der Waals surface area (Å²) in [5.41, 5.74) is 1.21. The molecule has 0 atom stereocenters. The first-order chi connectivity index (χ1) is 13.6. The lowest BCUT2D eigenvalue weighted by Gasteiger charge is -2.06. The molecule has 0 unspecified atom stereocenters. The molecule has 0 saturated carbocycles. The van der Waals surface area contributed by atoms with Crippen LogP contribution in [0.5, 0.6) is 0 Å². The highest BCUT2D eigenvalue weighted by atomic mass is 19.1. The topological polar surface area (TPSA) is 97.1 Å². The van der Waals surface area contributed by atoms with Crippen LogP contribution in [0.3, 0.4) is 0 Å². The van der Waals surface area contributed by atoms with Crippen LogP contribution < -0.4 is 10.6 Å². The SMILES string of the molecule is O=C(CCc1nc(-c2ccc(F)cc2)no1)NCCNC(=O)c1ccccc1. The molecule has 1 heterocycles. The molecule has 0 aliphatic heterocycles. The Labute approximate surface area is 161 Å². The highest BCUT2D eigenvalue weighted by Gasteiger charge is 2.11. The van der Waals surface area contributed by atoms with E-state index < -0.39 is 0 Å². The fourth-order valence-corrected chi connectivity index (χ4v) is 2.45. The molecule has 144 valence electrons. The molecule has 8 heteroatoms. The van der Waals surface area contributed by atoms with Gasteiger partial charge in [0.15, 0.2) is 0 Å². The van der Waals surface area contributed by atoms with E-state index in [1.54, 1.807) is 36.4 Å². The van der Waals surface area contributed by atoms with Gasteiger partial charge in [0.1, 0.15) is 5.82 Å². The number of aryl methyl sites for hydroxylation is 1. The number of rotatable bonds is 8. The molecule has 7 nitrogen and oxygen atoms in total. The lowest BCUT2D eigenvalue weighted by Crippen LogP contribution is -2.34. The van der Waals surface area contributed by atoms with E-state index in [2.05, 4.69) is 20.8 Å². The zero-order valence-corrected chi connectivity index (χ0v) is 15.0. The summed E-state index contributed by atoms with van der Waals surface area (Å²) in [6.45, 7) is 0.650. The van der Waals surface area contributed by atoms with Crippen molar-refractivity contribution in [1.29, 1.82) is 0 Å². The predicted octanol–water partition coefficient (Wildman–Crippen LogP) is 2.35. The molecule has 0 saturated heterocycles. The predicted molar refractivity (Wildman–Crippen MR) is 99.8 cm³/mol. The van der Waals surface area contributed by atoms with Gasteiger partial charge < -0.3 is 15.2 Å². The van der Waals surface area contributed by atoms with Gasteiger partial charge in [-0.15, -0.1) is 0 Å². The number of carbonyl (C=O) groups excluding carboxylic acids is 2. The summed E-state index contributed by atoms with van der Waals surface area (Å²) in [7, 11) is 0. The van der Waals surface area contributed by atoms with Crippen LogP contribution in [0.2, 0.25) is 0 Å². The van der Waals surface area contributed by atoms with Gasteiger partial charge in [0.25, 0.3) is 5.91 Å². The normalized spacial score (nSPS) is 10.5. The lowest BCUT2D eigenvalue weighted by molar-refractivity contribution is -0.121. The molecule has 0 radical (unpaired) electrons. The van der Waals surface area contributed by atoms with Crippen molar-refractivity contribution in [2.45, 2.75) is 12.8 Å². The fourth-order valence-electron chi connectivity index (χ4n) is 2.45. The highest BCUT2D eigenvalue weighted by Crippen LogP contribution is 2.16. The summed E-state index contributed by atoms with van der Waals surface area (Å²) in [4.78, 5) is 28.0. The van der Waals surface area contributed by atoms with Crippen molar-refractivity contribution in [3.63, 3.8) is 0 Å². The smallest absolute Gasteiger partial charge is 0.251 e. The molecule has 2 N–H and O–H groups in total. The third-order valence-electron chi connectivity index (χ3n) is 3.91. The zero-order valence-electron chi connectivity index (χ0n) is 15.0. The summed E-state index contributed by atoms with van der Waals surface area (Å²) in [6, 6.07) is 14.6. The van der Waals surface area contributed by atoms with E-state index in [1.165, 1.54) is 12.1 Å². The van der Waals surface area contributed by atoms with Crippen LogP contribution in [0.25, 0.3) is 11.4 Å². The van der Waals surface area contributed by atoms with Crippen LogP contribution >= 0.6 is 0 Å². The van der Waals surface area contributed by atoms with Gasteiger partial charge in [0.2, 0.25) is 17.6 Å². The molecular weight excluding hydrogens is 363 g/mol. The zero-order chi connectivity index (χ0) is 19.8. The van der Waals surface area contributed by atoms with Gasteiger partial charge in [-0.1, -0.05) is 23.4 Å². The molecule has 28 heavy (non-hydrogen) atoms. The third-order valence-corrected chi connectivity index (χ3v) is 3.91. The number of hydrogen-bond donors (Lipinski definition) is 2. The first kappa shape index (κ1) is 19.2. The van der Waals surface area contributed by atoms with Crippen LogP contribution in [0.15, 0.2) is 59.1 Å². The van der Waals surface area contributed by atoms with E-state index in [1.807, 2.05) is 6.07 Å². The van der Waals surface area contributed by atoms with E-state index in [0.29, 0.717) is 35.9 Å². The molecule has 0 spiro atoms. The Morgan fingerprint density at radius 2 is 1.68 bits per heavy atom. The molecule has 0 aliphatic rings. The average Bonchev–Trinajstić information content (AvgIpc) is 3.20. The maximum atomic E-state index is 12.9. The quantitative estimate of drug-likeness (QED) is 0.583. The van der Waals surface area contributed by atoms with E-state index in [9.17, 15) is 14.0 Å². The molecule has 2 amide bonds. The fraction of sp³-hybridized carbons (Fsp3) is 0.200. The van der Waals surface area contributed by atoms with E-state index >= 15 is 0 Å². The standard InChI is InChI=1S/C20H19FN4O3/c21-16-8-6-14(7-9-16)19-24-18(28-25-19)11-10-17(26)22-12-13-23-20(27)15-4-2-1-3-5-15/h1-9H,10-13H2,(H,22,26)(H,23,27). The number of carbonyl (C=O) groups is 2. The van der Waals surface area contributed by atoms with Crippen molar-refractivity contribution in [1.82, 2.24) is 20.8 Å². The number of hydrogen-bond acceptors (Lipinski definition) is 5. The molecule has 0 bridgehead atoms. The minimum absolute atomic E-state index is 0.178.